The lowest BCUT2D eigenvalue weighted by molar-refractivity contribution is 0.0685. The largest absolute Gasteiger partial charge is 0.497 e. The Morgan fingerprint density at radius 2 is 2.10 bits per heavy atom. The lowest BCUT2D eigenvalue weighted by atomic mass is 10.1. The SMILES string of the molecule is COc1ccc(OC)c(C(=O)N2CCCCCC2CN)c1. The van der Waals surface area contributed by atoms with Crippen LogP contribution in [0.25, 0.3) is 0 Å². The Labute approximate surface area is 126 Å². The summed E-state index contributed by atoms with van der Waals surface area (Å²) in [5.74, 6) is 1.20. The maximum Gasteiger partial charge on any atom is 0.258 e. The number of nitrogens with two attached hydrogens (primary N) is 1. The second kappa shape index (κ2) is 7.31. The summed E-state index contributed by atoms with van der Waals surface area (Å²) in [5, 5.41) is 0. The van der Waals surface area contributed by atoms with Gasteiger partial charge in [0.15, 0.2) is 0 Å². The Balaban J connectivity index is 2.32. The molecule has 1 fully saturated rings. The molecule has 2 rings (SSSR count). The maximum absolute atomic E-state index is 12.9. The number of hydrogen-bond donors (Lipinski definition) is 1. The molecule has 1 saturated heterocycles. The number of carbonyl (C=O) groups excluding carboxylic acids is 1. The van der Waals surface area contributed by atoms with Crippen LogP contribution in [0.1, 0.15) is 36.0 Å². The molecule has 0 bridgehead atoms. The van der Waals surface area contributed by atoms with Crippen LogP contribution in [0, 0.1) is 0 Å². The molecule has 2 N–H and O–H groups in total. The standard InChI is InChI=1S/C16H24N2O3/c1-20-13-7-8-15(21-2)14(10-13)16(19)18-9-5-3-4-6-12(18)11-17/h7-8,10,12H,3-6,9,11,17H2,1-2H3. The van der Waals surface area contributed by atoms with Crippen LogP contribution in [0.3, 0.4) is 0 Å². The Morgan fingerprint density at radius 1 is 1.29 bits per heavy atom. The summed E-state index contributed by atoms with van der Waals surface area (Å²) in [6.07, 6.45) is 4.26. The minimum absolute atomic E-state index is 0.0249. The van der Waals surface area contributed by atoms with Crippen molar-refractivity contribution in [1.29, 1.82) is 0 Å². The van der Waals surface area contributed by atoms with Crippen molar-refractivity contribution < 1.29 is 14.3 Å². The molecule has 1 atom stereocenters. The minimum atomic E-state index is -0.0249. The number of hydrogen-bond acceptors (Lipinski definition) is 4. The highest BCUT2D eigenvalue weighted by Crippen LogP contribution is 2.27. The van der Waals surface area contributed by atoms with Crippen LogP contribution in [0.2, 0.25) is 0 Å². The zero-order chi connectivity index (χ0) is 15.2. The zero-order valence-electron chi connectivity index (χ0n) is 12.8. The summed E-state index contributed by atoms with van der Waals surface area (Å²) >= 11 is 0. The number of nitrogens with zero attached hydrogens (tertiary/aromatic N) is 1. The minimum Gasteiger partial charge on any atom is -0.497 e. The molecule has 0 radical (unpaired) electrons. The van der Waals surface area contributed by atoms with Gasteiger partial charge in [-0.1, -0.05) is 12.8 Å². The number of benzene rings is 1. The monoisotopic (exact) mass is 292 g/mol. The van der Waals surface area contributed by atoms with Gasteiger partial charge in [0.1, 0.15) is 11.5 Å². The summed E-state index contributed by atoms with van der Waals surface area (Å²) in [6.45, 7) is 1.25. The smallest absolute Gasteiger partial charge is 0.258 e. The van der Waals surface area contributed by atoms with E-state index in [-0.39, 0.29) is 11.9 Å². The van der Waals surface area contributed by atoms with Gasteiger partial charge in [0, 0.05) is 19.1 Å². The van der Waals surface area contributed by atoms with Crippen LogP contribution >= 0.6 is 0 Å². The van der Waals surface area contributed by atoms with Crippen LogP contribution in [-0.4, -0.2) is 44.2 Å². The second-order valence-corrected chi connectivity index (χ2v) is 5.30. The van der Waals surface area contributed by atoms with Crippen molar-refractivity contribution in [2.24, 2.45) is 5.73 Å². The molecule has 0 spiro atoms. The van der Waals surface area contributed by atoms with Gasteiger partial charge in [0.05, 0.1) is 19.8 Å². The predicted molar refractivity (Wildman–Crippen MR) is 81.9 cm³/mol. The Morgan fingerprint density at radius 3 is 2.76 bits per heavy atom. The summed E-state index contributed by atoms with van der Waals surface area (Å²) in [6, 6.07) is 5.40. The average Bonchev–Trinajstić information content (AvgIpc) is 2.78. The van der Waals surface area contributed by atoms with E-state index >= 15 is 0 Å². The fourth-order valence-electron chi connectivity index (χ4n) is 2.83. The number of methoxy groups -OCH3 is 2. The Bertz CT molecular complexity index is 490. The highest BCUT2D eigenvalue weighted by atomic mass is 16.5. The molecule has 1 heterocycles. The molecule has 1 aliphatic rings. The van der Waals surface area contributed by atoms with E-state index < -0.39 is 0 Å². The molecule has 1 aromatic carbocycles. The van der Waals surface area contributed by atoms with Gasteiger partial charge in [-0.25, -0.2) is 0 Å². The lowest BCUT2D eigenvalue weighted by Gasteiger charge is -2.29. The normalized spacial score (nSPS) is 19.0. The first-order valence-corrected chi connectivity index (χ1v) is 7.44. The van der Waals surface area contributed by atoms with Gasteiger partial charge < -0.3 is 20.1 Å². The number of carbonyl (C=O) groups is 1. The Kier molecular flexibility index (Phi) is 5.44. The van der Waals surface area contributed by atoms with Gasteiger partial charge >= 0.3 is 0 Å². The Hall–Kier alpha value is -1.75. The molecule has 5 heteroatoms. The van der Waals surface area contributed by atoms with Gasteiger partial charge in [-0.3, -0.25) is 4.79 Å². The molecular weight excluding hydrogens is 268 g/mol. The first-order valence-electron chi connectivity index (χ1n) is 7.44. The van der Waals surface area contributed by atoms with Crippen molar-refractivity contribution in [3.63, 3.8) is 0 Å². The van der Waals surface area contributed by atoms with Crippen LogP contribution in [0.5, 0.6) is 11.5 Å². The third kappa shape index (κ3) is 3.47. The molecule has 0 saturated carbocycles. The van der Waals surface area contributed by atoms with Gasteiger partial charge in [-0.05, 0) is 31.0 Å². The van der Waals surface area contributed by atoms with Gasteiger partial charge in [-0.2, -0.15) is 0 Å². The molecule has 1 amide bonds. The van der Waals surface area contributed by atoms with Crippen LogP contribution < -0.4 is 15.2 Å². The van der Waals surface area contributed by atoms with Crippen LogP contribution in [0.4, 0.5) is 0 Å². The predicted octanol–water partition coefficient (Wildman–Crippen LogP) is 2.05. The van der Waals surface area contributed by atoms with Crippen LogP contribution in [-0.2, 0) is 0 Å². The molecule has 5 nitrogen and oxygen atoms in total. The van der Waals surface area contributed by atoms with E-state index in [4.69, 9.17) is 15.2 Å². The molecular formula is C16H24N2O3. The molecule has 0 aromatic heterocycles. The first kappa shape index (κ1) is 15.6. The van der Waals surface area contributed by atoms with E-state index in [0.717, 1.165) is 32.2 Å². The van der Waals surface area contributed by atoms with E-state index in [9.17, 15) is 4.79 Å². The fourth-order valence-corrected chi connectivity index (χ4v) is 2.83. The molecule has 1 unspecified atom stereocenters. The van der Waals surface area contributed by atoms with Crippen molar-refractivity contribution in [2.45, 2.75) is 31.7 Å². The highest BCUT2D eigenvalue weighted by Gasteiger charge is 2.27. The van der Waals surface area contributed by atoms with Crippen molar-refractivity contribution in [2.75, 3.05) is 27.3 Å². The summed E-state index contributed by atoms with van der Waals surface area (Å²) in [5.41, 5.74) is 6.39. The van der Waals surface area contributed by atoms with Gasteiger partial charge in [0.2, 0.25) is 0 Å². The molecule has 116 valence electrons. The fraction of sp³-hybridized carbons (Fsp3) is 0.562. The van der Waals surface area contributed by atoms with Crippen molar-refractivity contribution >= 4 is 5.91 Å². The van der Waals surface area contributed by atoms with E-state index in [1.807, 2.05) is 4.90 Å². The van der Waals surface area contributed by atoms with E-state index in [2.05, 4.69) is 0 Å². The molecule has 1 aliphatic heterocycles. The third-order valence-electron chi connectivity index (χ3n) is 4.05. The number of likely N-dealkylation sites (tertiary alicyclic amines) is 1. The van der Waals surface area contributed by atoms with Gasteiger partial charge in [0.25, 0.3) is 5.91 Å². The summed E-state index contributed by atoms with van der Waals surface area (Å²) in [7, 11) is 3.16. The molecule has 1 aromatic rings. The topological polar surface area (TPSA) is 64.8 Å². The third-order valence-corrected chi connectivity index (χ3v) is 4.05. The lowest BCUT2D eigenvalue weighted by Crippen LogP contribution is -2.44. The summed E-state index contributed by atoms with van der Waals surface area (Å²) in [4.78, 5) is 14.8. The number of ether oxygens (including phenoxy) is 2. The first-order chi connectivity index (χ1) is 10.2. The van der Waals surface area contributed by atoms with Crippen LogP contribution in [0.15, 0.2) is 18.2 Å². The second-order valence-electron chi connectivity index (χ2n) is 5.30. The number of rotatable bonds is 4. The van der Waals surface area contributed by atoms with Crippen molar-refractivity contribution in [1.82, 2.24) is 4.90 Å². The maximum atomic E-state index is 12.9. The number of amides is 1. The van der Waals surface area contributed by atoms with Crippen molar-refractivity contribution in [3.05, 3.63) is 23.8 Å². The average molecular weight is 292 g/mol. The molecule has 0 aliphatic carbocycles. The molecule has 21 heavy (non-hydrogen) atoms. The quantitative estimate of drug-likeness (QED) is 0.922. The van der Waals surface area contributed by atoms with Crippen molar-refractivity contribution in [3.8, 4) is 11.5 Å². The van der Waals surface area contributed by atoms with E-state index in [1.165, 1.54) is 0 Å². The zero-order valence-corrected chi connectivity index (χ0v) is 12.8. The van der Waals surface area contributed by atoms with E-state index in [1.54, 1.807) is 32.4 Å². The van der Waals surface area contributed by atoms with Gasteiger partial charge in [-0.15, -0.1) is 0 Å². The van der Waals surface area contributed by atoms with E-state index in [0.29, 0.717) is 23.6 Å². The summed E-state index contributed by atoms with van der Waals surface area (Å²) < 4.78 is 10.5. The highest BCUT2D eigenvalue weighted by molar-refractivity contribution is 5.97.